The molecular weight excluding hydrogens is 208 g/mol. The molecule has 0 aliphatic heterocycles. The Hall–Kier alpha value is -0.860. The van der Waals surface area contributed by atoms with Gasteiger partial charge in [0, 0.05) is 12.1 Å². The van der Waals surface area contributed by atoms with E-state index in [-0.39, 0.29) is 12.1 Å². The second-order valence-electron chi connectivity index (χ2n) is 5.39. The van der Waals surface area contributed by atoms with Crippen molar-refractivity contribution in [1.29, 1.82) is 0 Å². The van der Waals surface area contributed by atoms with E-state index in [0.29, 0.717) is 0 Å². The van der Waals surface area contributed by atoms with Crippen LogP contribution in [0, 0.1) is 0 Å². The first-order valence-corrected chi connectivity index (χ1v) is 6.79. The normalized spacial score (nSPS) is 21.1. The van der Waals surface area contributed by atoms with Crippen molar-refractivity contribution in [2.45, 2.75) is 57.0 Å². The lowest BCUT2D eigenvalue weighted by Crippen LogP contribution is -2.31. The fourth-order valence-corrected chi connectivity index (χ4v) is 2.73. The van der Waals surface area contributed by atoms with Gasteiger partial charge in [0.05, 0.1) is 0 Å². The number of benzene rings is 1. The first-order chi connectivity index (χ1) is 8.18. The first-order valence-electron chi connectivity index (χ1n) is 6.79. The molecule has 2 nitrogen and oxygen atoms in total. The van der Waals surface area contributed by atoms with Gasteiger partial charge in [-0.3, -0.25) is 0 Å². The summed E-state index contributed by atoms with van der Waals surface area (Å²) < 4.78 is 0. The molecule has 0 saturated heterocycles. The molecule has 0 spiro atoms. The highest BCUT2D eigenvalue weighted by atomic mass is 14.8. The van der Waals surface area contributed by atoms with Gasteiger partial charge < -0.3 is 11.5 Å². The molecule has 1 fully saturated rings. The van der Waals surface area contributed by atoms with Crippen LogP contribution in [0.3, 0.4) is 0 Å². The summed E-state index contributed by atoms with van der Waals surface area (Å²) in [5, 5.41) is 0. The Morgan fingerprint density at radius 1 is 1.00 bits per heavy atom. The van der Waals surface area contributed by atoms with E-state index in [1.54, 1.807) is 0 Å². The molecular formula is C15H24N2. The Bertz CT molecular complexity index is 336. The molecule has 1 aliphatic carbocycles. The van der Waals surface area contributed by atoms with Crippen molar-refractivity contribution in [1.82, 2.24) is 0 Å². The van der Waals surface area contributed by atoms with Crippen LogP contribution in [-0.4, -0.2) is 6.04 Å². The van der Waals surface area contributed by atoms with Gasteiger partial charge >= 0.3 is 0 Å². The minimum absolute atomic E-state index is 0.00975. The van der Waals surface area contributed by atoms with Crippen LogP contribution in [0.15, 0.2) is 24.3 Å². The Balaban J connectivity index is 2.06. The second-order valence-corrected chi connectivity index (χ2v) is 5.39. The molecule has 4 N–H and O–H groups in total. The van der Waals surface area contributed by atoms with E-state index in [2.05, 4.69) is 24.3 Å². The van der Waals surface area contributed by atoms with Crippen LogP contribution in [0.25, 0.3) is 0 Å². The molecule has 1 aromatic rings. The van der Waals surface area contributed by atoms with Crippen molar-refractivity contribution in [3.8, 4) is 0 Å². The second kappa shape index (κ2) is 5.65. The maximum atomic E-state index is 6.04. The number of hydrogen-bond donors (Lipinski definition) is 2. The van der Waals surface area contributed by atoms with Crippen molar-refractivity contribution in [2.24, 2.45) is 11.5 Å². The van der Waals surface area contributed by atoms with Crippen LogP contribution in [-0.2, 0) is 0 Å². The maximum Gasteiger partial charge on any atom is 0.0445 e. The quantitative estimate of drug-likeness (QED) is 0.841. The van der Waals surface area contributed by atoms with Gasteiger partial charge in [0.1, 0.15) is 0 Å². The molecule has 0 amide bonds. The van der Waals surface area contributed by atoms with Gasteiger partial charge in [-0.05, 0) is 36.8 Å². The fraction of sp³-hybridized carbons (Fsp3) is 0.600. The van der Waals surface area contributed by atoms with E-state index in [9.17, 15) is 0 Å². The van der Waals surface area contributed by atoms with Crippen LogP contribution in [0.4, 0.5) is 0 Å². The number of nitrogens with two attached hydrogens (primary N) is 2. The van der Waals surface area contributed by atoms with Crippen molar-refractivity contribution < 1.29 is 0 Å². The lowest BCUT2D eigenvalue weighted by molar-refractivity contribution is 0.443. The Kier molecular flexibility index (Phi) is 4.19. The highest BCUT2D eigenvalue weighted by Gasteiger charge is 2.16. The predicted molar refractivity (Wildman–Crippen MR) is 72.8 cm³/mol. The van der Waals surface area contributed by atoms with Crippen molar-refractivity contribution in [3.05, 3.63) is 35.4 Å². The average Bonchev–Trinajstić information content (AvgIpc) is 2.39. The summed E-state index contributed by atoms with van der Waals surface area (Å²) in [4.78, 5) is 0. The molecule has 2 heteroatoms. The van der Waals surface area contributed by atoms with Gasteiger partial charge in [-0.1, -0.05) is 43.5 Å². The SMILES string of the molecule is CC(N)C(N)c1ccc(C2CCCCC2)cc1. The van der Waals surface area contributed by atoms with Gasteiger partial charge in [0.25, 0.3) is 0 Å². The molecule has 0 radical (unpaired) electrons. The summed E-state index contributed by atoms with van der Waals surface area (Å²) >= 11 is 0. The molecule has 1 aliphatic rings. The van der Waals surface area contributed by atoms with Crippen LogP contribution >= 0.6 is 0 Å². The van der Waals surface area contributed by atoms with Crippen molar-refractivity contribution >= 4 is 0 Å². The van der Waals surface area contributed by atoms with E-state index < -0.39 is 0 Å². The number of rotatable bonds is 3. The zero-order valence-electron chi connectivity index (χ0n) is 10.7. The Morgan fingerprint density at radius 2 is 1.59 bits per heavy atom. The fourth-order valence-electron chi connectivity index (χ4n) is 2.73. The molecule has 2 rings (SSSR count). The largest absolute Gasteiger partial charge is 0.326 e. The van der Waals surface area contributed by atoms with Crippen LogP contribution in [0.5, 0.6) is 0 Å². The van der Waals surface area contributed by atoms with Crippen LogP contribution in [0.1, 0.15) is 62.1 Å². The summed E-state index contributed by atoms with van der Waals surface area (Å²) in [5.41, 5.74) is 14.5. The topological polar surface area (TPSA) is 52.0 Å². The third kappa shape index (κ3) is 3.08. The minimum Gasteiger partial charge on any atom is -0.326 e. The van der Waals surface area contributed by atoms with Crippen LogP contribution < -0.4 is 11.5 Å². The van der Waals surface area contributed by atoms with Gasteiger partial charge in [0.15, 0.2) is 0 Å². The number of hydrogen-bond acceptors (Lipinski definition) is 2. The Labute approximate surface area is 104 Å². The van der Waals surface area contributed by atoms with Gasteiger partial charge in [0.2, 0.25) is 0 Å². The molecule has 17 heavy (non-hydrogen) atoms. The zero-order valence-corrected chi connectivity index (χ0v) is 10.7. The average molecular weight is 232 g/mol. The molecule has 1 aromatic carbocycles. The predicted octanol–water partition coefficient (Wildman–Crippen LogP) is 3.08. The summed E-state index contributed by atoms with van der Waals surface area (Å²) in [6, 6.07) is 8.75. The summed E-state index contributed by atoms with van der Waals surface area (Å²) in [6.45, 7) is 1.96. The van der Waals surface area contributed by atoms with E-state index in [0.717, 1.165) is 11.5 Å². The summed E-state index contributed by atoms with van der Waals surface area (Å²) in [7, 11) is 0. The van der Waals surface area contributed by atoms with Crippen LogP contribution in [0.2, 0.25) is 0 Å². The molecule has 94 valence electrons. The molecule has 2 unspecified atom stereocenters. The first kappa shape index (κ1) is 12.6. The molecule has 0 bridgehead atoms. The van der Waals surface area contributed by atoms with Gasteiger partial charge in [-0.25, -0.2) is 0 Å². The smallest absolute Gasteiger partial charge is 0.0445 e. The van der Waals surface area contributed by atoms with Gasteiger partial charge in [-0.2, -0.15) is 0 Å². The Morgan fingerprint density at radius 3 is 2.12 bits per heavy atom. The standard InChI is InChI=1S/C15H24N2/c1-11(16)15(17)14-9-7-13(8-10-14)12-5-3-2-4-6-12/h7-12,15H,2-6,16-17H2,1H3. The minimum atomic E-state index is -0.0459. The van der Waals surface area contributed by atoms with E-state index in [1.807, 2.05) is 6.92 Å². The third-order valence-corrected chi connectivity index (χ3v) is 3.96. The lowest BCUT2D eigenvalue weighted by Gasteiger charge is -2.23. The zero-order chi connectivity index (χ0) is 12.3. The van der Waals surface area contributed by atoms with Gasteiger partial charge in [-0.15, -0.1) is 0 Å². The molecule has 1 saturated carbocycles. The maximum absolute atomic E-state index is 6.04. The van der Waals surface area contributed by atoms with Crippen molar-refractivity contribution in [2.75, 3.05) is 0 Å². The van der Waals surface area contributed by atoms with E-state index in [4.69, 9.17) is 11.5 Å². The molecule has 0 aromatic heterocycles. The van der Waals surface area contributed by atoms with E-state index >= 15 is 0 Å². The molecule has 0 heterocycles. The highest BCUT2D eigenvalue weighted by molar-refractivity contribution is 5.28. The lowest BCUT2D eigenvalue weighted by atomic mass is 9.83. The third-order valence-electron chi connectivity index (χ3n) is 3.96. The highest BCUT2D eigenvalue weighted by Crippen LogP contribution is 2.32. The summed E-state index contributed by atoms with van der Waals surface area (Å²) in [6.07, 6.45) is 6.86. The monoisotopic (exact) mass is 232 g/mol. The van der Waals surface area contributed by atoms with Crippen molar-refractivity contribution in [3.63, 3.8) is 0 Å². The summed E-state index contributed by atoms with van der Waals surface area (Å²) in [5.74, 6) is 0.768. The molecule has 2 atom stereocenters. The van der Waals surface area contributed by atoms with E-state index in [1.165, 1.54) is 37.7 Å².